The Bertz CT molecular complexity index is 1700. The maximum atomic E-state index is 11.6. The number of rotatable bonds is 15. The summed E-state index contributed by atoms with van der Waals surface area (Å²) in [6.45, 7) is 61.0. The molecule has 0 saturated carbocycles. The minimum atomic E-state index is -5.24. The summed E-state index contributed by atoms with van der Waals surface area (Å²) in [4.78, 5) is 0. The molecule has 0 aromatic rings. The molecular weight excluding hydrogens is 1510 g/mol. The van der Waals surface area contributed by atoms with Crippen LogP contribution in [-0.4, -0.2) is 61.8 Å². The predicted octanol–water partition coefficient (Wildman–Crippen LogP) is 38.4. The number of alkyl halides is 30. The minimum absolute atomic E-state index is 0.104. The van der Waals surface area contributed by atoms with E-state index in [0.29, 0.717) is 32.1 Å². The molecule has 0 bridgehead atoms. The second-order valence-corrected chi connectivity index (χ2v) is 28.2. The zero-order valence-corrected chi connectivity index (χ0v) is 73.3. The maximum Gasteiger partial charge on any atom is 0.402 e. The Balaban J connectivity index is -0.0000000577. The van der Waals surface area contributed by atoms with Crippen molar-refractivity contribution in [3.8, 4) is 0 Å². The summed E-state index contributed by atoms with van der Waals surface area (Å²) in [5.41, 5.74) is -5.19. The third-order valence-corrected chi connectivity index (χ3v) is 11.9. The van der Waals surface area contributed by atoms with Gasteiger partial charge < -0.3 is 0 Å². The highest BCUT2D eigenvalue weighted by atomic mass is 19.4. The van der Waals surface area contributed by atoms with Gasteiger partial charge >= 0.3 is 61.8 Å². The molecule has 682 valence electrons. The SMILES string of the molecule is CC.CC(C)(C(F)(F)F)C(F)(F)F.CC(C)(C)C(F)(F)F.CC(C)C.CC(C)C(F)(F)F.CCC.CCC(C)C.CCC(C)C(F)(F)F.CCCC.CCCCC.CCCCCC(F)(F)F.CCC[C@H](C)C(F)(F)F.CC[C@H](C)CC(F)(F)F.CC[C@H](C)CC(F)(F)F.[2H]C(C)(C)C.[2H]C(C)(C)C(F)(F)F.[2H]C([2H])(C)CC. The van der Waals surface area contributed by atoms with Crippen LogP contribution in [0.4, 0.5) is 132 Å². The average molecular weight is 1670 g/mol. The second-order valence-electron chi connectivity index (χ2n) is 28.2. The van der Waals surface area contributed by atoms with Gasteiger partial charge in [-0.3, -0.25) is 0 Å². The van der Waals surface area contributed by atoms with E-state index in [9.17, 15) is 132 Å². The minimum Gasteiger partial charge on any atom is -0.171 e. The summed E-state index contributed by atoms with van der Waals surface area (Å²) in [7, 11) is 0. The molecule has 0 N–H and O–H groups in total. The van der Waals surface area contributed by atoms with Crippen LogP contribution >= 0.6 is 0 Å². The van der Waals surface area contributed by atoms with E-state index in [4.69, 9.17) is 5.48 Å². The predicted molar refractivity (Wildman–Crippen MR) is 399 cm³/mol. The van der Waals surface area contributed by atoms with E-state index in [0.717, 1.165) is 66.7 Å². The van der Waals surface area contributed by atoms with E-state index in [-0.39, 0.29) is 50.8 Å². The lowest BCUT2D eigenvalue weighted by Crippen LogP contribution is -2.44. The maximum absolute atomic E-state index is 11.6. The molecule has 1 unspecified atom stereocenters. The summed E-state index contributed by atoms with van der Waals surface area (Å²) in [6.07, 6.45) is -31.8. The van der Waals surface area contributed by atoms with Gasteiger partial charge in [0.15, 0.2) is 5.41 Å². The van der Waals surface area contributed by atoms with Crippen LogP contribution in [0, 0.1) is 64.0 Å². The fourth-order valence-electron chi connectivity index (χ4n) is 3.00. The van der Waals surface area contributed by atoms with Gasteiger partial charge in [0.05, 0.1) is 17.3 Å². The molecular formula is C78H160F30. The Hall–Kier alpha value is -2.10. The van der Waals surface area contributed by atoms with Gasteiger partial charge in [-0.2, -0.15) is 132 Å². The fraction of sp³-hybridized carbons (Fsp3) is 1.00. The van der Waals surface area contributed by atoms with E-state index in [2.05, 4.69) is 83.1 Å². The highest BCUT2D eigenvalue weighted by Gasteiger charge is 2.64. The molecule has 0 spiro atoms. The fourth-order valence-corrected chi connectivity index (χ4v) is 3.00. The van der Waals surface area contributed by atoms with Crippen LogP contribution in [0.2, 0.25) is 0 Å². The second kappa shape index (κ2) is 82.9. The van der Waals surface area contributed by atoms with Crippen molar-refractivity contribution in [2.75, 3.05) is 0 Å². The van der Waals surface area contributed by atoms with E-state index in [1.54, 1.807) is 41.5 Å². The topological polar surface area (TPSA) is 0 Å². The quantitative estimate of drug-likeness (QED) is 0.113. The Morgan fingerprint density at radius 2 is 0.528 bits per heavy atom. The molecule has 0 heterocycles. The van der Waals surface area contributed by atoms with Gasteiger partial charge in [0, 0.05) is 36.6 Å². The Morgan fingerprint density at radius 3 is 0.574 bits per heavy atom. The van der Waals surface area contributed by atoms with Crippen LogP contribution in [0.5, 0.6) is 0 Å². The number of unbranched alkanes of at least 4 members (excludes halogenated alkanes) is 5. The Labute approximate surface area is 646 Å². The third kappa shape index (κ3) is 172. The summed E-state index contributed by atoms with van der Waals surface area (Å²) in [5.74, 6) is -4.80. The first-order valence-corrected chi connectivity index (χ1v) is 37.4. The van der Waals surface area contributed by atoms with Crippen molar-refractivity contribution < 1.29 is 137 Å². The lowest BCUT2D eigenvalue weighted by Gasteiger charge is -2.29. The lowest BCUT2D eigenvalue weighted by molar-refractivity contribution is -0.327. The van der Waals surface area contributed by atoms with E-state index in [1.165, 1.54) is 65.7 Å². The van der Waals surface area contributed by atoms with Crippen molar-refractivity contribution in [2.24, 2.45) is 64.0 Å². The van der Waals surface area contributed by atoms with Crippen LogP contribution in [0.15, 0.2) is 0 Å². The first-order valence-electron chi connectivity index (χ1n) is 39.4. The highest BCUT2D eigenvalue weighted by Crippen LogP contribution is 2.49. The highest BCUT2D eigenvalue weighted by molar-refractivity contribution is 4.84. The summed E-state index contributed by atoms with van der Waals surface area (Å²) < 4.78 is 371. The molecule has 0 aliphatic carbocycles. The molecule has 0 radical (unpaired) electrons. The lowest BCUT2D eigenvalue weighted by atomic mass is 9.92. The third-order valence-electron chi connectivity index (χ3n) is 11.9. The molecule has 4 atom stereocenters. The van der Waals surface area contributed by atoms with Crippen molar-refractivity contribution in [1.29, 1.82) is 0 Å². The van der Waals surface area contributed by atoms with Crippen LogP contribution in [0.3, 0.4) is 0 Å². The van der Waals surface area contributed by atoms with Gasteiger partial charge in [-0.15, -0.1) is 0 Å². The van der Waals surface area contributed by atoms with E-state index >= 15 is 0 Å². The molecule has 0 saturated heterocycles. The van der Waals surface area contributed by atoms with Gasteiger partial charge in [0.1, 0.15) is 0 Å². The smallest absolute Gasteiger partial charge is 0.171 e. The molecule has 30 heteroatoms. The molecule has 0 rings (SSSR count). The molecule has 0 fully saturated rings. The van der Waals surface area contributed by atoms with Crippen LogP contribution in [-0.2, 0) is 0 Å². The van der Waals surface area contributed by atoms with Gasteiger partial charge in [-0.05, 0) is 62.7 Å². The number of hydrogen-bond acceptors (Lipinski definition) is 0. The number of halogens is 30. The van der Waals surface area contributed by atoms with Crippen molar-refractivity contribution in [3.63, 3.8) is 0 Å². The monoisotopic (exact) mass is 1670 g/mol. The first kappa shape index (κ1) is 135. The van der Waals surface area contributed by atoms with Crippen LogP contribution < -0.4 is 0 Å². The standard InChI is InChI=1S/4C6H11F3.C5H6F6.2C5H9F3.2C5H12.2C4H7F3.4C4H10.C3H8.C2H6/c2*1-3-5(2)4-6(7,8)9;1-3-4-5(2)6(7,8)9;1-2-3-4-5-6(7,8)9;1-3(2,4(6,7)8)5(9,10)11;1-4(2,3)5(6,7)8;1-3-4(2)5(6,7)8;1-4-5(2)3;1-3-5-4-2;2*1-3(2)4(5,6)7;2*1-4(2)3;2*1-3-4-2;1-3-2;1-2/h3*5H,3-4H2,1-2H3;2-5H2,1H3;1-2H3;1-3H3;4H,3H2,1-2H3;5H,4H2,1-3H3;3-5H2,1-2H3;2*3H,1-2H3;2*4H,1-3H3;2*3-4H2,1-2H3;3H2,1-2H3;1-2H3/t3*5-;;;;;;;;;;;;;;/m000............../s1/i;;;;;;;;;3D;;4D;;3D2;;;. The van der Waals surface area contributed by atoms with Crippen LogP contribution in [0.1, 0.15) is 390 Å². The molecule has 0 aromatic heterocycles. The van der Waals surface area contributed by atoms with Gasteiger partial charge in [0.2, 0.25) is 0 Å². The van der Waals surface area contributed by atoms with Gasteiger partial charge in [-0.25, -0.2) is 0 Å². The summed E-state index contributed by atoms with van der Waals surface area (Å²) in [6, 6.07) is 0. The Morgan fingerprint density at radius 1 is 0.306 bits per heavy atom. The molecule has 0 aliphatic heterocycles. The van der Waals surface area contributed by atoms with Crippen molar-refractivity contribution in [1.82, 2.24) is 0 Å². The first-order chi connectivity index (χ1) is 48.7. The zero-order chi connectivity index (χ0) is 96.0. The zero-order valence-electron chi connectivity index (χ0n) is 77.3. The molecule has 0 amide bonds. The van der Waals surface area contributed by atoms with Crippen molar-refractivity contribution in [2.45, 2.75) is 446 Å². The van der Waals surface area contributed by atoms with E-state index in [1.807, 2.05) is 48.5 Å². The molecule has 0 aliphatic rings. The number of hydrogen-bond donors (Lipinski definition) is 0. The largest absolute Gasteiger partial charge is 0.402 e. The van der Waals surface area contributed by atoms with Crippen molar-refractivity contribution in [3.05, 3.63) is 0 Å². The van der Waals surface area contributed by atoms with Crippen LogP contribution in [0.25, 0.3) is 0 Å². The van der Waals surface area contributed by atoms with Gasteiger partial charge in [-0.1, -0.05) is 332 Å². The normalized spacial score (nSPS) is 13.5. The van der Waals surface area contributed by atoms with E-state index < -0.39 is 122 Å². The molecule has 108 heavy (non-hydrogen) atoms. The molecule has 0 aromatic carbocycles. The Kier molecular flexibility index (Phi) is 104. The van der Waals surface area contributed by atoms with Crippen molar-refractivity contribution >= 4 is 0 Å². The summed E-state index contributed by atoms with van der Waals surface area (Å²) >= 11 is 0. The average Bonchev–Trinajstić information content (AvgIpc) is 0.792. The summed E-state index contributed by atoms with van der Waals surface area (Å²) in [5, 5.41) is 0. The van der Waals surface area contributed by atoms with Gasteiger partial charge in [0.25, 0.3) is 0 Å². The molecule has 0 nitrogen and oxygen atoms in total.